The van der Waals surface area contributed by atoms with Crippen molar-refractivity contribution in [3.05, 3.63) is 11.9 Å². The summed E-state index contributed by atoms with van der Waals surface area (Å²) in [4.78, 5) is 9.75. The number of nitrogens with one attached hydrogen (secondary N) is 1. The molecule has 0 amide bonds. The molecule has 0 radical (unpaired) electrons. The van der Waals surface area contributed by atoms with Crippen LogP contribution in [0.15, 0.2) is 6.07 Å². The van der Waals surface area contributed by atoms with Crippen molar-refractivity contribution in [1.82, 2.24) is 9.97 Å². The average molecular weight is 290 g/mol. The highest BCUT2D eigenvalue weighted by Crippen LogP contribution is 2.24. The lowest BCUT2D eigenvalue weighted by molar-refractivity contribution is -0.119. The number of alkyl halides is 3. The van der Waals surface area contributed by atoms with Crippen molar-refractivity contribution in [2.45, 2.75) is 39.8 Å². The molecule has 114 valence electrons. The molecule has 1 rings (SSSR count). The molecule has 0 fully saturated rings. The quantitative estimate of drug-likeness (QED) is 0.871. The third kappa shape index (κ3) is 4.86. The van der Waals surface area contributed by atoms with E-state index in [9.17, 15) is 13.2 Å². The van der Waals surface area contributed by atoms with Gasteiger partial charge in [0.15, 0.2) is 0 Å². The summed E-state index contributed by atoms with van der Waals surface area (Å²) in [5.74, 6) is 1.46. The van der Waals surface area contributed by atoms with Crippen LogP contribution in [-0.2, 0) is 0 Å². The van der Waals surface area contributed by atoms with Crippen LogP contribution in [0.2, 0.25) is 0 Å². The standard InChI is InChI=1S/C13H21F3N4/c1-5-17-10-7-11(19-12(18-10)9(3)4)20(6-2)8-13(14,15)16/h7,9H,5-6,8H2,1-4H3,(H,17,18,19). The predicted molar refractivity (Wildman–Crippen MR) is 74.2 cm³/mol. The van der Waals surface area contributed by atoms with Crippen molar-refractivity contribution in [3.8, 4) is 0 Å². The minimum absolute atomic E-state index is 0.0527. The summed E-state index contributed by atoms with van der Waals surface area (Å²) in [5, 5.41) is 3.03. The van der Waals surface area contributed by atoms with Crippen molar-refractivity contribution in [3.63, 3.8) is 0 Å². The highest BCUT2D eigenvalue weighted by atomic mass is 19.4. The Balaban J connectivity index is 3.13. The number of hydrogen-bond acceptors (Lipinski definition) is 4. The minimum atomic E-state index is -4.25. The maximum atomic E-state index is 12.6. The smallest absolute Gasteiger partial charge is 0.370 e. The fourth-order valence-corrected chi connectivity index (χ4v) is 1.72. The summed E-state index contributed by atoms with van der Waals surface area (Å²) in [5.41, 5.74) is 0. The van der Waals surface area contributed by atoms with Crippen LogP contribution < -0.4 is 10.2 Å². The fourth-order valence-electron chi connectivity index (χ4n) is 1.72. The molecule has 0 saturated carbocycles. The molecule has 0 aliphatic carbocycles. The second kappa shape index (κ2) is 6.76. The largest absolute Gasteiger partial charge is 0.405 e. The zero-order valence-electron chi connectivity index (χ0n) is 12.3. The maximum absolute atomic E-state index is 12.6. The highest BCUT2D eigenvalue weighted by molar-refractivity contribution is 5.49. The van der Waals surface area contributed by atoms with E-state index in [1.54, 1.807) is 13.0 Å². The Kier molecular flexibility index (Phi) is 5.59. The zero-order chi connectivity index (χ0) is 15.3. The molecule has 0 bridgehead atoms. The van der Waals surface area contributed by atoms with E-state index >= 15 is 0 Å². The number of anilines is 2. The molecule has 0 aromatic carbocycles. The van der Waals surface area contributed by atoms with Crippen molar-refractivity contribution in [1.29, 1.82) is 0 Å². The van der Waals surface area contributed by atoms with E-state index in [2.05, 4.69) is 15.3 Å². The Morgan fingerprint density at radius 3 is 2.35 bits per heavy atom. The fraction of sp³-hybridized carbons (Fsp3) is 0.692. The van der Waals surface area contributed by atoms with Gasteiger partial charge < -0.3 is 10.2 Å². The normalized spacial score (nSPS) is 11.8. The van der Waals surface area contributed by atoms with Crippen LogP contribution in [0, 0.1) is 0 Å². The van der Waals surface area contributed by atoms with E-state index in [0.717, 1.165) is 0 Å². The SMILES string of the molecule is CCNc1cc(N(CC)CC(F)(F)F)nc(C(C)C)n1. The molecular weight excluding hydrogens is 269 g/mol. The lowest BCUT2D eigenvalue weighted by Gasteiger charge is -2.24. The van der Waals surface area contributed by atoms with Gasteiger partial charge in [-0.1, -0.05) is 13.8 Å². The van der Waals surface area contributed by atoms with Crippen molar-refractivity contribution < 1.29 is 13.2 Å². The Labute approximate surface area is 117 Å². The molecule has 1 aromatic rings. The van der Waals surface area contributed by atoms with Gasteiger partial charge in [-0.2, -0.15) is 13.2 Å². The monoisotopic (exact) mass is 290 g/mol. The molecule has 0 aliphatic rings. The molecule has 20 heavy (non-hydrogen) atoms. The second-order valence-electron chi connectivity index (χ2n) is 4.78. The van der Waals surface area contributed by atoms with Crippen molar-refractivity contribution >= 4 is 11.6 Å². The Morgan fingerprint density at radius 1 is 1.25 bits per heavy atom. The number of halogens is 3. The van der Waals surface area contributed by atoms with Gasteiger partial charge in [-0.15, -0.1) is 0 Å². The Bertz CT molecular complexity index is 432. The lowest BCUT2D eigenvalue weighted by atomic mass is 10.2. The number of hydrogen-bond donors (Lipinski definition) is 1. The molecular formula is C13H21F3N4. The minimum Gasteiger partial charge on any atom is -0.370 e. The lowest BCUT2D eigenvalue weighted by Crippen LogP contribution is -2.35. The first kappa shape index (κ1) is 16.5. The zero-order valence-corrected chi connectivity index (χ0v) is 12.3. The van der Waals surface area contributed by atoms with Gasteiger partial charge in [-0.3, -0.25) is 0 Å². The van der Waals surface area contributed by atoms with Gasteiger partial charge in [-0.05, 0) is 13.8 Å². The van der Waals surface area contributed by atoms with Gasteiger partial charge >= 0.3 is 6.18 Å². The van der Waals surface area contributed by atoms with Crippen LogP contribution in [0.3, 0.4) is 0 Å². The topological polar surface area (TPSA) is 41.0 Å². The molecule has 0 spiro atoms. The predicted octanol–water partition coefficient (Wildman–Crippen LogP) is 3.42. The van der Waals surface area contributed by atoms with E-state index in [4.69, 9.17) is 0 Å². The van der Waals surface area contributed by atoms with E-state index < -0.39 is 12.7 Å². The van der Waals surface area contributed by atoms with Crippen molar-refractivity contribution in [2.75, 3.05) is 29.9 Å². The van der Waals surface area contributed by atoms with Gasteiger partial charge in [0.1, 0.15) is 24.0 Å². The summed E-state index contributed by atoms with van der Waals surface area (Å²) >= 11 is 0. The van der Waals surface area contributed by atoms with Crippen LogP contribution in [0.25, 0.3) is 0 Å². The Hall–Kier alpha value is -1.53. The second-order valence-corrected chi connectivity index (χ2v) is 4.78. The van der Waals surface area contributed by atoms with Crippen LogP contribution >= 0.6 is 0 Å². The molecule has 0 atom stereocenters. The molecule has 0 aliphatic heterocycles. The summed E-state index contributed by atoms with van der Waals surface area (Å²) in [6, 6.07) is 1.56. The molecule has 0 unspecified atom stereocenters. The highest BCUT2D eigenvalue weighted by Gasteiger charge is 2.31. The number of rotatable bonds is 6. The van der Waals surface area contributed by atoms with E-state index in [1.165, 1.54) is 4.90 Å². The van der Waals surface area contributed by atoms with Gasteiger partial charge in [0.05, 0.1) is 0 Å². The number of aromatic nitrogens is 2. The van der Waals surface area contributed by atoms with Crippen LogP contribution in [-0.4, -0.2) is 35.8 Å². The van der Waals surface area contributed by atoms with E-state index in [-0.39, 0.29) is 12.5 Å². The molecule has 4 nitrogen and oxygen atoms in total. The van der Waals surface area contributed by atoms with Gasteiger partial charge in [0.2, 0.25) is 0 Å². The first-order valence-electron chi connectivity index (χ1n) is 6.71. The summed E-state index contributed by atoms with van der Waals surface area (Å²) in [6.07, 6.45) is -4.25. The Morgan fingerprint density at radius 2 is 1.90 bits per heavy atom. The van der Waals surface area contributed by atoms with Crippen LogP contribution in [0.1, 0.15) is 39.4 Å². The third-order valence-electron chi connectivity index (χ3n) is 2.68. The van der Waals surface area contributed by atoms with Crippen LogP contribution in [0.4, 0.5) is 24.8 Å². The van der Waals surface area contributed by atoms with E-state index in [1.807, 2.05) is 20.8 Å². The third-order valence-corrected chi connectivity index (χ3v) is 2.68. The average Bonchev–Trinajstić information content (AvgIpc) is 2.34. The molecule has 7 heteroatoms. The molecule has 1 aromatic heterocycles. The molecule has 1 N–H and O–H groups in total. The first-order valence-corrected chi connectivity index (χ1v) is 6.71. The maximum Gasteiger partial charge on any atom is 0.405 e. The van der Waals surface area contributed by atoms with Crippen LogP contribution in [0.5, 0.6) is 0 Å². The van der Waals surface area contributed by atoms with E-state index in [0.29, 0.717) is 24.0 Å². The van der Waals surface area contributed by atoms with Gasteiger partial charge in [-0.25, -0.2) is 9.97 Å². The summed E-state index contributed by atoms with van der Waals surface area (Å²) in [6.45, 7) is 7.28. The summed E-state index contributed by atoms with van der Waals surface area (Å²) < 4.78 is 37.8. The van der Waals surface area contributed by atoms with Gasteiger partial charge in [0, 0.05) is 25.1 Å². The molecule has 0 saturated heterocycles. The van der Waals surface area contributed by atoms with Crippen molar-refractivity contribution in [2.24, 2.45) is 0 Å². The first-order chi connectivity index (χ1) is 9.26. The summed E-state index contributed by atoms with van der Waals surface area (Å²) in [7, 11) is 0. The molecule has 1 heterocycles. The van der Waals surface area contributed by atoms with Gasteiger partial charge in [0.25, 0.3) is 0 Å². The number of nitrogens with zero attached hydrogens (tertiary/aromatic N) is 3.